The maximum Gasteiger partial charge on any atom is 0.00963 e. The van der Waals surface area contributed by atoms with E-state index in [-0.39, 0.29) is 0 Å². The molecule has 2 aliphatic carbocycles. The second-order valence-electron chi connectivity index (χ2n) is 4.47. The third-order valence-corrected chi connectivity index (χ3v) is 5.86. The minimum absolute atomic E-state index is 0.625. The van der Waals surface area contributed by atoms with Crippen molar-refractivity contribution in [3.63, 3.8) is 0 Å². The Kier molecular flexibility index (Phi) is 2.12. The second-order valence-corrected chi connectivity index (χ2v) is 5.60. The predicted molar refractivity (Wildman–Crippen MR) is 55.5 cm³/mol. The van der Waals surface area contributed by atoms with Crippen LogP contribution in [0.5, 0.6) is 0 Å². The van der Waals surface area contributed by atoms with Gasteiger partial charge in [0.1, 0.15) is 0 Å². The molecule has 0 bridgehead atoms. The zero-order valence-electron chi connectivity index (χ0n) is 6.71. The highest BCUT2D eigenvalue weighted by Crippen LogP contribution is 2.65. The van der Waals surface area contributed by atoms with Crippen molar-refractivity contribution < 1.29 is 0 Å². The van der Waals surface area contributed by atoms with Gasteiger partial charge in [0.15, 0.2) is 0 Å². The molecule has 0 heterocycles. The Morgan fingerprint density at radius 2 is 1.55 bits per heavy atom. The second kappa shape index (κ2) is 2.73. The third kappa shape index (κ3) is 1.21. The van der Waals surface area contributed by atoms with Crippen molar-refractivity contribution in [2.24, 2.45) is 10.8 Å². The van der Waals surface area contributed by atoms with Crippen LogP contribution in [0.15, 0.2) is 0 Å². The zero-order chi connectivity index (χ0) is 7.95. The Hall–Kier alpha value is 0.960. The SMILES string of the molecule is BrCC1(CBr)CC2(CCC2)C1. The molecule has 2 fully saturated rings. The highest BCUT2D eigenvalue weighted by molar-refractivity contribution is 9.09. The van der Waals surface area contributed by atoms with Gasteiger partial charge in [0.2, 0.25) is 0 Å². The molecule has 0 aromatic heterocycles. The molecule has 1 spiro atoms. The maximum atomic E-state index is 3.62. The van der Waals surface area contributed by atoms with E-state index in [4.69, 9.17) is 0 Å². The van der Waals surface area contributed by atoms with Gasteiger partial charge < -0.3 is 0 Å². The summed E-state index contributed by atoms with van der Waals surface area (Å²) in [6.45, 7) is 0. The van der Waals surface area contributed by atoms with Crippen molar-refractivity contribution in [3.8, 4) is 0 Å². The van der Waals surface area contributed by atoms with E-state index in [9.17, 15) is 0 Å². The molecule has 0 nitrogen and oxygen atoms in total. The van der Waals surface area contributed by atoms with Gasteiger partial charge in [-0.25, -0.2) is 0 Å². The molecule has 0 unspecified atom stereocenters. The Labute approximate surface area is 85.4 Å². The number of alkyl halides is 2. The number of halogens is 2. The van der Waals surface area contributed by atoms with Crippen molar-refractivity contribution in [1.82, 2.24) is 0 Å². The van der Waals surface area contributed by atoms with E-state index in [0.29, 0.717) is 5.41 Å². The van der Waals surface area contributed by atoms with Gasteiger partial charge in [0.25, 0.3) is 0 Å². The molecule has 0 radical (unpaired) electrons. The van der Waals surface area contributed by atoms with Crippen molar-refractivity contribution in [2.45, 2.75) is 32.1 Å². The van der Waals surface area contributed by atoms with E-state index in [1.165, 1.54) is 42.8 Å². The smallest absolute Gasteiger partial charge is 0.00963 e. The summed E-state index contributed by atoms with van der Waals surface area (Å²) in [6, 6.07) is 0. The number of rotatable bonds is 2. The molecular formula is C9H14Br2. The first kappa shape index (κ1) is 8.55. The number of hydrogen-bond acceptors (Lipinski definition) is 0. The lowest BCUT2D eigenvalue weighted by atomic mass is 9.46. The van der Waals surface area contributed by atoms with E-state index < -0.39 is 0 Å². The van der Waals surface area contributed by atoms with Gasteiger partial charge in [0.05, 0.1) is 0 Å². The minimum atomic E-state index is 0.625. The van der Waals surface area contributed by atoms with Crippen LogP contribution in [0, 0.1) is 10.8 Å². The number of hydrogen-bond donors (Lipinski definition) is 0. The van der Waals surface area contributed by atoms with Crippen molar-refractivity contribution in [1.29, 1.82) is 0 Å². The highest BCUT2D eigenvalue weighted by Gasteiger charge is 2.55. The largest absolute Gasteiger partial charge is 0.0922 e. The van der Waals surface area contributed by atoms with Crippen LogP contribution in [0.25, 0.3) is 0 Å². The van der Waals surface area contributed by atoms with E-state index in [1.54, 1.807) is 0 Å². The van der Waals surface area contributed by atoms with Crippen molar-refractivity contribution in [2.75, 3.05) is 10.7 Å². The van der Waals surface area contributed by atoms with Gasteiger partial charge >= 0.3 is 0 Å². The molecular weight excluding hydrogens is 268 g/mol. The fraction of sp³-hybridized carbons (Fsp3) is 1.00. The van der Waals surface area contributed by atoms with Crippen LogP contribution in [0.1, 0.15) is 32.1 Å². The lowest BCUT2D eigenvalue weighted by molar-refractivity contribution is -0.0681. The zero-order valence-corrected chi connectivity index (χ0v) is 9.88. The van der Waals surface area contributed by atoms with Gasteiger partial charge in [-0.05, 0) is 36.5 Å². The molecule has 0 atom stereocenters. The van der Waals surface area contributed by atoms with Gasteiger partial charge in [-0.15, -0.1) is 0 Å². The van der Waals surface area contributed by atoms with Gasteiger partial charge in [-0.3, -0.25) is 0 Å². The van der Waals surface area contributed by atoms with Crippen LogP contribution in [0.2, 0.25) is 0 Å². The van der Waals surface area contributed by atoms with Gasteiger partial charge in [0, 0.05) is 10.7 Å². The summed E-state index contributed by atoms with van der Waals surface area (Å²) in [5.41, 5.74) is 1.45. The van der Waals surface area contributed by atoms with Crippen LogP contribution in [-0.2, 0) is 0 Å². The van der Waals surface area contributed by atoms with Crippen LogP contribution in [0.4, 0.5) is 0 Å². The Morgan fingerprint density at radius 1 is 1.00 bits per heavy atom. The fourth-order valence-corrected chi connectivity index (χ4v) is 4.52. The normalized spacial score (nSPS) is 31.1. The molecule has 2 rings (SSSR count). The third-order valence-electron chi connectivity index (χ3n) is 3.48. The Balaban J connectivity index is 1.93. The first-order valence-electron chi connectivity index (χ1n) is 4.36. The standard InChI is InChI=1S/C9H14Br2/c10-6-9(7-11)4-8(5-9)2-1-3-8/h1-7H2. The summed E-state index contributed by atoms with van der Waals surface area (Å²) in [4.78, 5) is 0. The van der Waals surface area contributed by atoms with E-state index in [0.717, 1.165) is 5.41 Å². The maximum absolute atomic E-state index is 3.62. The molecule has 64 valence electrons. The molecule has 0 aromatic carbocycles. The summed E-state index contributed by atoms with van der Waals surface area (Å²) in [5.74, 6) is 0. The van der Waals surface area contributed by atoms with Crippen LogP contribution in [-0.4, -0.2) is 10.7 Å². The molecule has 0 amide bonds. The van der Waals surface area contributed by atoms with Crippen molar-refractivity contribution in [3.05, 3.63) is 0 Å². The summed E-state index contributed by atoms with van der Waals surface area (Å²) in [7, 11) is 0. The summed E-state index contributed by atoms with van der Waals surface area (Å²) >= 11 is 7.24. The van der Waals surface area contributed by atoms with Gasteiger partial charge in [-0.2, -0.15) is 0 Å². The molecule has 11 heavy (non-hydrogen) atoms. The predicted octanol–water partition coefficient (Wildman–Crippen LogP) is 3.73. The minimum Gasteiger partial charge on any atom is -0.0922 e. The Bertz CT molecular complexity index is 147. The van der Waals surface area contributed by atoms with Gasteiger partial charge in [-0.1, -0.05) is 38.3 Å². The molecule has 0 aromatic rings. The summed E-state index contributed by atoms with van der Waals surface area (Å²) in [6.07, 6.45) is 7.44. The molecule has 0 aliphatic heterocycles. The van der Waals surface area contributed by atoms with Crippen LogP contribution in [0.3, 0.4) is 0 Å². The monoisotopic (exact) mass is 280 g/mol. The topological polar surface area (TPSA) is 0 Å². The quantitative estimate of drug-likeness (QED) is 0.677. The summed E-state index contributed by atoms with van der Waals surface area (Å²) < 4.78 is 0. The molecule has 0 N–H and O–H groups in total. The lowest BCUT2D eigenvalue weighted by Crippen LogP contribution is -2.52. The Morgan fingerprint density at radius 3 is 1.82 bits per heavy atom. The summed E-state index contributed by atoms with van der Waals surface area (Å²) in [5, 5.41) is 2.38. The van der Waals surface area contributed by atoms with Crippen molar-refractivity contribution >= 4 is 31.9 Å². The molecule has 2 saturated carbocycles. The fourth-order valence-electron chi connectivity index (χ4n) is 2.79. The van der Waals surface area contributed by atoms with E-state index >= 15 is 0 Å². The molecule has 2 aliphatic rings. The average molecular weight is 282 g/mol. The van der Waals surface area contributed by atoms with Crippen LogP contribution < -0.4 is 0 Å². The highest BCUT2D eigenvalue weighted by atomic mass is 79.9. The van der Waals surface area contributed by atoms with E-state index in [2.05, 4.69) is 31.9 Å². The molecule has 0 saturated heterocycles. The first-order chi connectivity index (χ1) is 5.24. The van der Waals surface area contributed by atoms with E-state index in [1.807, 2.05) is 0 Å². The first-order valence-corrected chi connectivity index (χ1v) is 6.61. The average Bonchev–Trinajstić information content (AvgIpc) is 1.85. The van der Waals surface area contributed by atoms with Crippen LogP contribution >= 0.6 is 31.9 Å². The molecule has 2 heteroatoms. The lowest BCUT2D eigenvalue weighted by Gasteiger charge is -2.60.